The zero-order valence-corrected chi connectivity index (χ0v) is 15.5. The second-order valence-corrected chi connectivity index (χ2v) is 7.77. The minimum atomic E-state index is -0.835. The lowest BCUT2D eigenvalue weighted by Crippen LogP contribution is -2.48. The molecule has 1 aliphatic heterocycles. The summed E-state index contributed by atoms with van der Waals surface area (Å²) in [7, 11) is 0. The largest absolute Gasteiger partial charge is 0.350 e. The fourth-order valence-electron chi connectivity index (χ4n) is 4.28. The van der Waals surface area contributed by atoms with Gasteiger partial charge in [-0.2, -0.15) is 5.26 Å². The summed E-state index contributed by atoms with van der Waals surface area (Å²) in [6.45, 7) is 0.678. The molecule has 0 spiro atoms. The first-order chi connectivity index (χ1) is 13.2. The van der Waals surface area contributed by atoms with Crippen molar-refractivity contribution in [1.82, 2.24) is 20.1 Å². The molecule has 140 valence electrons. The highest BCUT2D eigenvalue weighted by Crippen LogP contribution is 2.36. The summed E-state index contributed by atoms with van der Waals surface area (Å²) in [5, 5.41) is 21.5. The fraction of sp³-hybridized carbons (Fsp3) is 0.524. The van der Waals surface area contributed by atoms with Gasteiger partial charge in [0.05, 0.1) is 6.07 Å². The van der Waals surface area contributed by atoms with Crippen LogP contribution in [0.1, 0.15) is 55.7 Å². The zero-order chi connectivity index (χ0) is 18.7. The van der Waals surface area contributed by atoms with Crippen molar-refractivity contribution >= 4 is 5.91 Å². The minimum Gasteiger partial charge on any atom is -0.350 e. The van der Waals surface area contributed by atoms with Crippen LogP contribution in [0.25, 0.3) is 0 Å². The first-order valence-electron chi connectivity index (χ1n) is 9.87. The van der Waals surface area contributed by atoms with Gasteiger partial charge in [-0.3, -0.25) is 4.79 Å². The van der Waals surface area contributed by atoms with E-state index >= 15 is 0 Å². The smallest absolute Gasteiger partial charge is 0.240 e. The Morgan fingerprint density at radius 2 is 2.00 bits per heavy atom. The third-order valence-electron chi connectivity index (χ3n) is 5.92. The molecule has 1 aromatic carbocycles. The van der Waals surface area contributed by atoms with Crippen molar-refractivity contribution in [1.29, 1.82) is 5.26 Å². The molecule has 1 atom stereocenters. The average Bonchev–Trinajstić information content (AvgIpc) is 3.11. The van der Waals surface area contributed by atoms with Crippen LogP contribution in [0, 0.1) is 16.7 Å². The molecule has 1 unspecified atom stereocenters. The van der Waals surface area contributed by atoms with Gasteiger partial charge in [0.15, 0.2) is 0 Å². The first kappa shape index (κ1) is 17.7. The molecule has 1 saturated carbocycles. The van der Waals surface area contributed by atoms with Gasteiger partial charge in [0.25, 0.3) is 0 Å². The van der Waals surface area contributed by atoms with Crippen molar-refractivity contribution in [3.05, 3.63) is 47.5 Å². The van der Waals surface area contributed by atoms with Crippen LogP contribution in [0.5, 0.6) is 0 Å². The topological polar surface area (TPSA) is 83.6 Å². The number of nitriles is 1. The van der Waals surface area contributed by atoms with E-state index in [0.29, 0.717) is 19.4 Å². The molecule has 0 saturated heterocycles. The number of amides is 1. The second kappa shape index (κ2) is 7.51. The maximum atomic E-state index is 12.9. The maximum Gasteiger partial charge on any atom is 0.240 e. The number of hydrogen-bond donors (Lipinski definition) is 1. The van der Waals surface area contributed by atoms with Gasteiger partial charge in [0, 0.05) is 25.4 Å². The first-order valence-corrected chi connectivity index (χ1v) is 9.87. The quantitative estimate of drug-likeness (QED) is 0.905. The number of nitrogens with one attached hydrogen (secondary N) is 1. The highest BCUT2D eigenvalue weighted by atomic mass is 16.2. The lowest BCUT2D eigenvalue weighted by atomic mass is 9.74. The molecular formula is C21H25N5O. The number of carbonyl (C=O) groups is 1. The van der Waals surface area contributed by atoms with Gasteiger partial charge in [-0.05, 0) is 24.8 Å². The normalized spacial score (nSPS) is 21.1. The van der Waals surface area contributed by atoms with Crippen LogP contribution in [0.3, 0.4) is 0 Å². The Bertz CT molecular complexity index is 845. The molecule has 2 heterocycles. The summed E-state index contributed by atoms with van der Waals surface area (Å²) in [4.78, 5) is 12.9. The zero-order valence-electron chi connectivity index (χ0n) is 15.5. The van der Waals surface area contributed by atoms with E-state index in [0.717, 1.165) is 50.2 Å². The second-order valence-electron chi connectivity index (χ2n) is 7.77. The Labute approximate surface area is 159 Å². The highest BCUT2D eigenvalue weighted by Gasteiger charge is 2.41. The molecular weight excluding hydrogens is 338 g/mol. The van der Waals surface area contributed by atoms with Crippen LogP contribution in [0.2, 0.25) is 0 Å². The molecule has 1 amide bonds. The molecule has 0 bridgehead atoms. The highest BCUT2D eigenvalue weighted by molar-refractivity contribution is 5.85. The average molecular weight is 363 g/mol. The Morgan fingerprint density at radius 1 is 1.22 bits per heavy atom. The van der Waals surface area contributed by atoms with Crippen LogP contribution >= 0.6 is 0 Å². The number of hydrogen-bond acceptors (Lipinski definition) is 4. The molecule has 1 aromatic heterocycles. The number of rotatable bonds is 4. The minimum absolute atomic E-state index is 0.0303. The van der Waals surface area contributed by atoms with Gasteiger partial charge in [-0.25, -0.2) is 0 Å². The van der Waals surface area contributed by atoms with Crippen molar-refractivity contribution in [2.45, 2.75) is 64.0 Å². The number of carbonyl (C=O) groups excluding carboxylic acids is 1. The lowest BCUT2D eigenvalue weighted by molar-refractivity contribution is -0.130. The van der Waals surface area contributed by atoms with Crippen molar-refractivity contribution < 1.29 is 4.79 Å². The third-order valence-corrected chi connectivity index (χ3v) is 5.92. The van der Waals surface area contributed by atoms with Crippen LogP contribution in [0.15, 0.2) is 30.3 Å². The predicted molar refractivity (Wildman–Crippen MR) is 101 cm³/mol. The summed E-state index contributed by atoms with van der Waals surface area (Å²) in [6.07, 6.45) is 6.77. The van der Waals surface area contributed by atoms with E-state index in [1.54, 1.807) is 0 Å². The molecule has 0 radical (unpaired) electrons. The molecule has 27 heavy (non-hydrogen) atoms. The fourth-order valence-corrected chi connectivity index (χ4v) is 4.28. The van der Waals surface area contributed by atoms with Gasteiger partial charge in [-0.1, -0.05) is 49.6 Å². The molecule has 4 rings (SSSR count). The number of fused-ring (bicyclic) bond motifs is 1. The van der Waals surface area contributed by atoms with E-state index in [9.17, 15) is 10.1 Å². The van der Waals surface area contributed by atoms with E-state index in [-0.39, 0.29) is 11.9 Å². The molecule has 1 fully saturated rings. The van der Waals surface area contributed by atoms with Crippen molar-refractivity contribution in [2.24, 2.45) is 5.41 Å². The number of benzene rings is 1. The summed E-state index contributed by atoms with van der Waals surface area (Å²) < 4.78 is 2.14. The number of aromatic nitrogens is 3. The predicted octanol–water partition coefficient (Wildman–Crippen LogP) is 2.77. The third kappa shape index (κ3) is 3.59. The monoisotopic (exact) mass is 363 g/mol. The Kier molecular flexibility index (Phi) is 4.93. The van der Waals surface area contributed by atoms with Crippen LogP contribution < -0.4 is 5.32 Å². The summed E-state index contributed by atoms with van der Waals surface area (Å²) in [5.74, 6) is 1.83. The standard InChI is InChI=1S/C21H25N5O/c22-15-21(11-5-2-6-12-21)20(27)23-17-9-10-18-24-25-19(26(18)14-17)13-16-7-3-1-4-8-16/h1,3-4,7-8,17H,2,5-6,9-14H2,(H,23,27). The Balaban J connectivity index is 1.46. The molecule has 2 aliphatic rings. The van der Waals surface area contributed by atoms with Gasteiger partial charge in [0.1, 0.15) is 17.1 Å². The van der Waals surface area contributed by atoms with Gasteiger partial charge >= 0.3 is 0 Å². The number of nitrogens with zero attached hydrogens (tertiary/aromatic N) is 4. The van der Waals surface area contributed by atoms with E-state index in [4.69, 9.17) is 0 Å². The van der Waals surface area contributed by atoms with Crippen LogP contribution in [0.4, 0.5) is 0 Å². The van der Waals surface area contributed by atoms with Crippen molar-refractivity contribution in [2.75, 3.05) is 0 Å². The lowest BCUT2D eigenvalue weighted by Gasteiger charge is -2.32. The van der Waals surface area contributed by atoms with Crippen molar-refractivity contribution in [3.63, 3.8) is 0 Å². The van der Waals surface area contributed by atoms with E-state index in [1.165, 1.54) is 5.56 Å². The van der Waals surface area contributed by atoms with E-state index in [1.807, 2.05) is 18.2 Å². The van der Waals surface area contributed by atoms with Crippen LogP contribution in [-0.2, 0) is 24.2 Å². The van der Waals surface area contributed by atoms with Gasteiger partial charge in [-0.15, -0.1) is 10.2 Å². The van der Waals surface area contributed by atoms with Gasteiger partial charge < -0.3 is 9.88 Å². The van der Waals surface area contributed by atoms with Crippen LogP contribution in [-0.4, -0.2) is 26.7 Å². The van der Waals surface area contributed by atoms with E-state index in [2.05, 4.69) is 38.3 Å². The summed E-state index contributed by atoms with van der Waals surface area (Å²) in [5.41, 5.74) is 0.364. The molecule has 1 N–H and O–H groups in total. The SMILES string of the molecule is N#CC1(C(=O)NC2CCc3nnc(Cc4ccccc4)n3C2)CCCCC1. The molecule has 6 nitrogen and oxygen atoms in total. The van der Waals surface area contributed by atoms with E-state index < -0.39 is 5.41 Å². The number of aryl methyl sites for hydroxylation is 1. The summed E-state index contributed by atoms with van der Waals surface area (Å²) >= 11 is 0. The molecule has 2 aromatic rings. The maximum absolute atomic E-state index is 12.9. The Morgan fingerprint density at radius 3 is 2.74 bits per heavy atom. The van der Waals surface area contributed by atoms with Gasteiger partial charge in [0.2, 0.25) is 5.91 Å². The molecule has 1 aliphatic carbocycles. The van der Waals surface area contributed by atoms with Crippen molar-refractivity contribution in [3.8, 4) is 6.07 Å². The molecule has 6 heteroatoms. The summed E-state index contributed by atoms with van der Waals surface area (Å²) in [6, 6.07) is 12.6. The Hall–Kier alpha value is -2.68.